The third-order valence-corrected chi connectivity index (χ3v) is 7.81. The highest BCUT2D eigenvalue weighted by atomic mass is 32.1. The Morgan fingerprint density at radius 3 is 2.66 bits per heavy atom. The summed E-state index contributed by atoms with van der Waals surface area (Å²) in [5.74, 6) is 0.621. The van der Waals surface area contributed by atoms with Crippen molar-refractivity contribution in [2.75, 3.05) is 13.4 Å². The molecule has 2 aliphatic heterocycles. The number of benzene rings is 2. The number of imidazole rings is 1. The number of rotatable bonds is 4. The summed E-state index contributed by atoms with van der Waals surface area (Å²) in [5, 5.41) is 0. The second-order valence-electron chi connectivity index (χ2n) is 9.06. The van der Waals surface area contributed by atoms with Crippen LogP contribution in [0.2, 0.25) is 0 Å². The fourth-order valence-electron chi connectivity index (χ4n) is 4.96. The maximum atomic E-state index is 13.8. The van der Waals surface area contributed by atoms with E-state index in [1.807, 2.05) is 24.3 Å². The van der Waals surface area contributed by atoms with Crippen LogP contribution in [0.4, 0.5) is 0 Å². The molecule has 2 aliphatic rings. The van der Waals surface area contributed by atoms with E-state index in [-0.39, 0.29) is 24.6 Å². The molecule has 0 radical (unpaired) electrons. The Balaban J connectivity index is 1.55. The number of fused-ring (bicyclic) bond motifs is 3. The Kier molecular flexibility index (Phi) is 5.60. The van der Waals surface area contributed by atoms with Gasteiger partial charge in [-0.3, -0.25) is 18.5 Å². The second kappa shape index (κ2) is 8.88. The molecule has 0 spiro atoms. The topological polar surface area (TPSA) is 106 Å². The third-order valence-electron chi connectivity index (χ3n) is 6.82. The lowest BCUT2D eigenvalue weighted by molar-refractivity contribution is -0.139. The lowest BCUT2D eigenvalue weighted by atomic mass is 9.95. The first-order chi connectivity index (χ1) is 18.3. The molecule has 2 aromatic heterocycles. The van der Waals surface area contributed by atoms with Crippen LogP contribution >= 0.6 is 11.3 Å². The molecule has 4 heterocycles. The first-order valence-corrected chi connectivity index (χ1v) is 12.8. The van der Waals surface area contributed by atoms with E-state index < -0.39 is 12.0 Å². The quantitative estimate of drug-likeness (QED) is 0.371. The van der Waals surface area contributed by atoms with E-state index in [0.717, 1.165) is 16.6 Å². The zero-order chi connectivity index (χ0) is 26.7. The average Bonchev–Trinajstić information content (AvgIpc) is 3.55. The molecule has 0 unspecified atom stereocenters. The first kappa shape index (κ1) is 24.0. The minimum Gasteiger partial charge on any atom is -0.463 e. The van der Waals surface area contributed by atoms with Crippen LogP contribution in [0.3, 0.4) is 0 Å². The lowest BCUT2D eigenvalue weighted by Gasteiger charge is -2.24. The molecule has 1 atom stereocenters. The van der Waals surface area contributed by atoms with Gasteiger partial charge in [-0.05, 0) is 55.3 Å². The minimum atomic E-state index is -0.751. The molecule has 0 saturated carbocycles. The number of carbonyl (C=O) groups is 1. The summed E-state index contributed by atoms with van der Waals surface area (Å²) in [5.41, 5.74) is 3.39. The summed E-state index contributed by atoms with van der Waals surface area (Å²) in [4.78, 5) is 44.4. The van der Waals surface area contributed by atoms with Crippen molar-refractivity contribution in [1.29, 1.82) is 0 Å². The maximum absolute atomic E-state index is 13.8. The number of ether oxygens (including phenoxy) is 3. The molecule has 0 amide bonds. The number of aryl methyl sites for hydroxylation is 2. The van der Waals surface area contributed by atoms with Crippen LogP contribution in [-0.4, -0.2) is 33.1 Å². The molecule has 0 fully saturated rings. The normalized spacial score (nSPS) is 16.6. The lowest BCUT2D eigenvalue weighted by Crippen LogP contribution is -2.39. The fourth-order valence-corrected chi connectivity index (χ4v) is 6.00. The maximum Gasteiger partial charge on any atom is 0.338 e. The molecule has 0 aliphatic carbocycles. The third kappa shape index (κ3) is 3.61. The summed E-state index contributed by atoms with van der Waals surface area (Å²) in [6, 6.07) is 10.2. The van der Waals surface area contributed by atoms with Gasteiger partial charge in [0.15, 0.2) is 16.3 Å². The predicted molar refractivity (Wildman–Crippen MR) is 141 cm³/mol. The van der Waals surface area contributed by atoms with Gasteiger partial charge in [0.05, 0.1) is 39.5 Å². The van der Waals surface area contributed by atoms with Crippen LogP contribution in [-0.2, 0) is 23.6 Å². The Morgan fingerprint density at radius 1 is 1.11 bits per heavy atom. The summed E-state index contributed by atoms with van der Waals surface area (Å²) in [6.45, 7) is 3.78. The second-order valence-corrected chi connectivity index (χ2v) is 10.1. The van der Waals surface area contributed by atoms with E-state index in [1.165, 1.54) is 15.9 Å². The first-order valence-electron chi connectivity index (χ1n) is 12.0. The van der Waals surface area contributed by atoms with Crippen LogP contribution < -0.4 is 30.1 Å². The van der Waals surface area contributed by atoms with E-state index >= 15 is 0 Å². The van der Waals surface area contributed by atoms with E-state index in [1.54, 1.807) is 55.3 Å². The standard InChI is InChI=1S/C27H24N4O6S/c1-5-35-25(33)22-14(2)28-26-31(23(22)16-7-9-19-20(12-16)37-13-36-19)24(32)21(38-26)11-15-6-8-17-18(10-15)30(4)27(34)29(17)3/h6-12,23H,5,13H2,1-4H3/b21-11+/t23-/m1/s1. The molecule has 0 bridgehead atoms. The number of nitrogens with zero attached hydrogens (tertiary/aromatic N) is 4. The number of allylic oxidation sites excluding steroid dienone is 1. The molecular weight excluding hydrogens is 508 g/mol. The van der Waals surface area contributed by atoms with Crippen molar-refractivity contribution >= 4 is 34.4 Å². The highest BCUT2D eigenvalue weighted by Crippen LogP contribution is 2.38. The van der Waals surface area contributed by atoms with E-state index in [9.17, 15) is 14.4 Å². The molecule has 0 saturated heterocycles. The number of esters is 1. The van der Waals surface area contributed by atoms with E-state index in [2.05, 4.69) is 4.99 Å². The van der Waals surface area contributed by atoms with Gasteiger partial charge in [0.25, 0.3) is 5.56 Å². The van der Waals surface area contributed by atoms with Gasteiger partial charge in [-0.1, -0.05) is 23.5 Å². The van der Waals surface area contributed by atoms with Crippen LogP contribution in [0.25, 0.3) is 17.1 Å². The van der Waals surface area contributed by atoms with Gasteiger partial charge >= 0.3 is 11.7 Å². The number of hydrogen-bond acceptors (Lipinski definition) is 8. The molecule has 2 aromatic carbocycles. The molecule has 194 valence electrons. The monoisotopic (exact) mass is 532 g/mol. The fraction of sp³-hybridized carbons (Fsp3) is 0.259. The summed E-state index contributed by atoms with van der Waals surface area (Å²) in [6.07, 6.45) is 1.78. The van der Waals surface area contributed by atoms with Crippen molar-refractivity contribution in [3.8, 4) is 11.5 Å². The highest BCUT2D eigenvalue weighted by Gasteiger charge is 2.34. The van der Waals surface area contributed by atoms with Crippen LogP contribution in [0, 0.1) is 0 Å². The van der Waals surface area contributed by atoms with Gasteiger partial charge < -0.3 is 14.2 Å². The zero-order valence-corrected chi connectivity index (χ0v) is 22.0. The van der Waals surface area contributed by atoms with Crippen LogP contribution in [0.1, 0.15) is 31.0 Å². The van der Waals surface area contributed by atoms with Gasteiger partial charge in [-0.15, -0.1) is 0 Å². The molecule has 11 heteroatoms. The largest absolute Gasteiger partial charge is 0.463 e. The Morgan fingerprint density at radius 2 is 1.87 bits per heavy atom. The number of carbonyl (C=O) groups excluding carboxylic acids is 1. The van der Waals surface area contributed by atoms with Crippen molar-refractivity contribution in [2.45, 2.75) is 19.9 Å². The molecule has 10 nitrogen and oxygen atoms in total. The average molecular weight is 533 g/mol. The smallest absolute Gasteiger partial charge is 0.338 e. The number of thiazole rings is 1. The van der Waals surface area contributed by atoms with Crippen molar-refractivity contribution in [3.63, 3.8) is 0 Å². The molecule has 38 heavy (non-hydrogen) atoms. The minimum absolute atomic E-state index is 0.110. The Hall–Kier alpha value is -4.38. The van der Waals surface area contributed by atoms with Crippen molar-refractivity contribution in [2.24, 2.45) is 19.1 Å². The van der Waals surface area contributed by atoms with E-state index in [4.69, 9.17) is 14.2 Å². The molecular formula is C27H24N4O6S. The van der Waals surface area contributed by atoms with Gasteiger partial charge in [0, 0.05) is 14.1 Å². The number of hydrogen-bond donors (Lipinski definition) is 0. The van der Waals surface area contributed by atoms with Gasteiger partial charge in [-0.25, -0.2) is 14.6 Å². The highest BCUT2D eigenvalue weighted by molar-refractivity contribution is 7.07. The molecule has 6 rings (SSSR count). The number of aromatic nitrogens is 3. The van der Waals surface area contributed by atoms with Crippen molar-refractivity contribution in [1.82, 2.24) is 13.7 Å². The van der Waals surface area contributed by atoms with Crippen LogP contribution in [0.5, 0.6) is 11.5 Å². The Bertz CT molecular complexity index is 1920. The predicted octanol–water partition coefficient (Wildman–Crippen LogP) is 1.72. The van der Waals surface area contributed by atoms with Gasteiger partial charge in [-0.2, -0.15) is 0 Å². The van der Waals surface area contributed by atoms with Gasteiger partial charge in [0.1, 0.15) is 0 Å². The van der Waals surface area contributed by atoms with Crippen LogP contribution in [0.15, 0.2) is 62.2 Å². The zero-order valence-electron chi connectivity index (χ0n) is 21.2. The summed E-state index contributed by atoms with van der Waals surface area (Å²) in [7, 11) is 3.44. The van der Waals surface area contributed by atoms with Crippen molar-refractivity contribution in [3.05, 3.63) is 89.0 Å². The van der Waals surface area contributed by atoms with E-state index in [0.29, 0.717) is 37.7 Å². The summed E-state index contributed by atoms with van der Waals surface area (Å²) < 4.78 is 21.5. The SMILES string of the molecule is CCOC(=O)C1=C(C)N=c2s/c(=C/c3ccc4c(c3)n(C)c(=O)n4C)c(=O)n2[C@@H]1c1ccc2c(c1)OCO2. The van der Waals surface area contributed by atoms with Gasteiger partial charge in [0.2, 0.25) is 6.79 Å². The van der Waals surface area contributed by atoms with Crippen molar-refractivity contribution < 1.29 is 19.0 Å². The Labute approximate surface area is 219 Å². The molecule has 4 aromatic rings. The summed E-state index contributed by atoms with van der Waals surface area (Å²) >= 11 is 1.24. The molecule has 0 N–H and O–H groups in total.